The number of amides is 2. The van der Waals surface area contributed by atoms with Gasteiger partial charge in [0.15, 0.2) is 0 Å². The number of rotatable bonds is 3. The molecule has 2 N–H and O–H groups in total. The number of ether oxygens (including phenoxy) is 1. The second-order valence-electron chi connectivity index (χ2n) is 4.65. The predicted molar refractivity (Wildman–Crippen MR) is 76.1 cm³/mol. The Morgan fingerprint density at radius 2 is 1.75 bits per heavy atom. The first-order chi connectivity index (χ1) is 11.1. The SMILES string of the molecule is COc1ccc(C(F)(F)F)cc1N(C(N)=O)c1ccc(F)cc1F. The third-order valence-corrected chi connectivity index (χ3v) is 3.12. The first-order valence-corrected chi connectivity index (χ1v) is 6.45. The molecule has 0 aliphatic rings. The van der Waals surface area contributed by atoms with Gasteiger partial charge in [-0.2, -0.15) is 13.2 Å². The molecule has 0 radical (unpaired) electrons. The third kappa shape index (κ3) is 3.39. The quantitative estimate of drug-likeness (QED) is 0.847. The predicted octanol–water partition coefficient (Wildman–Crippen LogP) is 4.21. The molecule has 2 aromatic rings. The number of nitrogens with zero attached hydrogens (tertiary/aromatic N) is 1. The number of nitrogens with two attached hydrogens (primary N) is 1. The van der Waals surface area contributed by atoms with E-state index in [9.17, 15) is 26.7 Å². The molecule has 0 aliphatic carbocycles. The molecule has 0 aliphatic heterocycles. The lowest BCUT2D eigenvalue weighted by Gasteiger charge is -2.24. The van der Waals surface area contributed by atoms with Crippen LogP contribution in [0.4, 0.5) is 38.1 Å². The Kier molecular flexibility index (Phi) is 4.63. The van der Waals surface area contributed by atoms with E-state index < -0.39 is 40.8 Å². The van der Waals surface area contributed by atoms with Crippen LogP contribution in [0.1, 0.15) is 5.56 Å². The van der Waals surface area contributed by atoms with Gasteiger partial charge in [-0.05, 0) is 30.3 Å². The molecule has 2 rings (SSSR count). The highest BCUT2D eigenvalue weighted by Crippen LogP contribution is 2.40. The van der Waals surface area contributed by atoms with E-state index >= 15 is 0 Å². The van der Waals surface area contributed by atoms with E-state index in [0.717, 1.165) is 31.4 Å². The lowest BCUT2D eigenvalue weighted by molar-refractivity contribution is -0.137. The summed E-state index contributed by atoms with van der Waals surface area (Å²) in [4.78, 5) is 12.2. The Morgan fingerprint density at radius 1 is 1.08 bits per heavy atom. The molecule has 4 nitrogen and oxygen atoms in total. The molecule has 0 spiro atoms. The van der Waals surface area contributed by atoms with E-state index in [1.807, 2.05) is 0 Å². The Bertz CT molecular complexity index is 777. The second-order valence-corrected chi connectivity index (χ2v) is 4.65. The molecule has 0 heterocycles. The number of urea groups is 1. The van der Waals surface area contributed by atoms with Gasteiger partial charge in [0.2, 0.25) is 0 Å². The van der Waals surface area contributed by atoms with Crippen molar-refractivity contribution in [3.8, 4) is 5.75 Å². The van der Waals surface area contributed by atoms with Crippen molar-refractivity contribution in [3.05, 3.63) is 53.6 Å². The van der Waals surface area contributed by atoms with Crippen molar-refractivity contribution in [2.75, 3.05) is 12.0 Å². The molecule has 2 aromatic carbocycles. The van der Waals surface area contributed by atoms with Gasteiger partial charge in [0.25, 0.3) is 0 Å². The maximum Gasteiger partial charge on any atom is 0.416 e. The summed E-state index contributed by atoms with van der Waals surface area (Å²) >= 11 is 0. The summed E-state index contributed by atoms with van der Waals surface area (Å²) in [6, 6.07) is 3.23. The summed E-state index contributed by atoms with van der Waals surface area (Å²) in [7, 11) is 1.16. The van der Waals surface area contributed by atoms with Gasteiger partial charge >= 0.3 is 12.2 Å². The van der Waals surface area contributed by atoms with Crippen LogP contribution in [-0.2, 0) is 6.18 Å². The molecule has 0 saturated carbocycles. The smallest absolute Gasteiger partial charge is 0.416 e. The fourth-order valence-electron chi connectivity index (χ4n) is 2.07. The zero-order valence-corrected chi connectivity index (χ0v) is 12.2. The summed E-state index contributed by atoms with van der Waals surface area (Å²) in [5.41, 5.74) is 3.15. The van der Waals surface area contributed by atoms with Crippen LogP contribution in [0, 0.1) is 11.6 Å². The number of carbonyl (C=O) groups is 1. The van der Waals surface area contributed by atoms with E-state index in [1.165, 1.54) is 0 Å². The van der Waals surface area contributed by atoms with Crippen molar-refractivity contribution >= 4 is 17.4 Å². The molecule has 24 heavy (non-hydrogen) atoms. The average molecular weight is 346 g/mol. The lowest BCUT2D eigenvalue weighted by Crippen LogP contribution is -2.32. The van der Waals surface area contributed by atoms with Crippen molar-refractivity contribution in [2.24, 2.45) is 5.73 Å². The zero-order valence-electron chi connectivity index (χ0n) is 12.2. The molecular formula is C15H11F5N2O2. The fraction of sp³-hybridized carbons (Fsp3) is 0.133. The van der Waals surface area contributed by atoms with Gasteiger partial charge in [0.05, 0.1) is 24.0 Å². The maximum absolute atomic E-state index is 14.0. The van der Waals surface area contributed by atoms with E-state index in [1.54, 1.807) is 0 Å². The number of anilines is 2. The molecule has 2 amide bonds. The number of methoxy groups -OCH3 is 1. The summed E-state index contributed by atoms with van der Waals surface area (Å²) in [6.07, 6.45) is -4.70. The minimum Gasteiger partial charge on any atom is -0.495 e. The van der Waals surface area contributed by atoms with Gasteiger partial charge in [-0.15, -0.1) is 0 Å². The van der Waals surface area contributed by atoms with Crippen LogP contribution in [0.2, 0.25) is 0 Å². The van der Waals surface area contributed by atoms with Crippen LogP contribution in [0.15, 0.2) is 36.4 Å². The Labute approximate surface area is 133 Å². The minimum absolute atomic E-state index is 0.148. The summed E-state index contributed by atoms with van der Waals surface area (Å²) in [5.74, 6) is -2.24. The van der Waals surface area contributed by atoms with Gasteiger partial charge in [-0.3, -0.25) is 4.90 Å². The van der Waals surface area contributed by atoms with Crippen LogP contribution < -0.4 is 15.4 Å². The number of hydrogen-bond donors (Lipinski definition) is 1. The van der Waals surface area contributed by atoms with E-state index in [2.05, 4.69) is 0 Å². The first-order valence-electron chi connectivity index (χ1n) is 6.45. The highest BCUT2D eigenvalue weighted by Gasteiger charge is 2.33. The van der Waals surface area contributed by atoms with E-state index in [0.29, 0.717) is 17.0 Å². The molecule has 0 bridgehead atoms. The molecule has 128 valence electrons. The molecule has 0 atom stereocenters. The third-order valence-electron chi connectivity index (χ3n) is 3.12. The Balaban J connectivity index is 2.69. The number of benzene rings is 2. The van der Waals surface area contributed by atoms with Gasteiger partial charge in [-0.1, -0.05) is 0 Å². The molecule has 0 fully saturated rings. The van der Waals surface area contributed by atoms with Gasteiger partial charge in [-0.25, -0.2) is 13.6 Å². The first kappa shape index (κ1) is 17.5. The number of hydrogen-bond acceptors (Lipinski definition) is 2. The number of primary amides is 1. The number of halogens is 5. The molecule has 0 unspecified atom stereocenters. The van der Waals surface area contributed by atoms with Crippen molar-refractivity contribution < 1.29 is 31.5 Å². The topological polar surface area (TPSA) is 55.6 Å². The Morgan fingerprint density at radius 3 is 2.25 bits per heavy atom. The highest BCUT2D eigenvalue weighted by molar-refractivity contribution is 6.00. The molecule has 0 saturated heterocycles. The van der Waals surface area contributed by atoms with Crippen LogP contribution in [-0.4, -0.2) is 13.1 Å². The van der Waals surface area contributed by atoms with Crippen molar-refractivity contribution in [3.63, 3.8) is 0 Å². The summed E-state index contributed by atoms with van der Waals surface area (Å²) in [5, 5.41) is 0. The normalized spacial score (nSPS) is 11.2. The monoisotopic (exact) mass is 346 g/mol. The fourth-order valence-corrected chi connectivity index (χ4v) is 2.07. The van der Waals surface area contributed by atoms with Crippen LogP contribution in [0.3, 0.4) is 0 Å². The number of alkyl halides is 3. The maximum atomic E-state index is 14.0. The van der Waals surface area contributed by atoms with Gasteiger partial charge < -0.3 is 10.5 Å². The van der Waals surface area contributed by atoms with Crippen molar-refractivity contribution in [2.45, 2.75) is 6.18 Å². The molecule has 9 heteroatoms. The summed E-state index contributed by atoms with van der Waals surface area (Å²) < 4.78 is 70.6. The lowest BCUT2D eigenvalue weighted by atomic mass is 10.1. The largest absolute Gasteiger partial charge is 0.495 e. The molecular weight excluding hydrogens is 335 g/mol. The van der Waals surface area contributed by atoms with E-state index in [-0.39, 0.29) is 5.75 Å². The summed E-state index contributed by atoms with van der Waals surface area (Å²) in [6.45, 7) is 0. The Hall–Kier alpha value is -2.84. The standard InChI is InChI=1S/C15H11F5N2O2/c1-24-13-5-2-8(15(18,19)20)6-12(13)22(14(21)23)11-4-3-9(16)7-10(11)17/h2-7H,1H3,(H2,21,23). The average Bonchev–Trinajstić information content (AvgIpc) is 2.48. The van der Waals surface area contributed by atoms with E-state index in [4.69, 9.17) is 10.5 Å². The number of carbonyl (C=O) groups excluding carboxylic acids is 1. The minimum atomic E-state index is -4.70. The van der Waals surface area contributed by atoms with Crippen molar-refractivity contribution in [1.82, 2.24) is 0 Å². The van der Waals surface area contributed by atoms with Crippen LogP contribution in [0.5, 0.6) is 5.75 Å². The van der Waals surface area contributed by atoms with Crippen molar-refractivity contribution in [1.29, 1.82) is 0 Å². The van der Waals surface area contributed by atoms with Gasteiger partial charge in [0, 0.05) is 6.07 Å². The second kappa shape index (κ2) is 6.34. The van der Waals surface area contributed by atoms with Gasteiger partial charge in [0.1, 0.15) is 17.4 Å². The zero-order chi connectivity index (χ0) is 18.1. The van der Waals surface area contributed by atoms with Crippen LogP contribution in [0.25, 0.3) is 0 Å². The van der Waals surface area contributed by atoms with Crippen LogP contribution >= 0.6 is 0 Å². The molecule has 0 aromatic heterocycles. The highest BCUT2D eigenvalue weighted by atomic mass is 19.4.